The molecule has 0 saturated heterocycles. The van der Waals surface area contributed by atoms with Crippen molar-refractivity contribution in [1.29, 1.82) is 0 Å². The minimum absolute atomic E-state index is 0.0656. The lowest BCUT2D eigenvalue weighted by atomic mass is 10.2. The number of carbonyl (C=O) groups excluding carboxylic acids is 1. The van der Waals surface area contributed by atoms with Crippen LogP contribution in [0, 0.1) is 19.7 Å². The van der Waals surface area contributed by atoms with Crippen molar-refractivity contribution in [2.45, 2.75) is 13.8 Å². The average molecular weight is 292 g/mol. The molecule has 0 aliphatic carbocycles. The Bertz CT molecular complexity index is 768. The van der Waals surface area contributed by atoms with E-state index in [0.717, 1.165) is 4.57 Å². The van der Waals surface area contributed by atoms with Gasteiger partial charge >= 0.3 is 0 Å². The molecule has 2 aromatic heterocycles. The van der Waals surface area contributed by atoms with Crippen LogP contribution in [0.4, 0.5) is 10.2 Å². The lowest BCUT2D eigenvalue weighted by Gasteiger charge is -2.11. The summed E-state index contributed by atoms with van der Waals surface area (Å²) in [6, 6.07) is 3.09. The Morgan fingerprint density at radius 2 is 2.00 bits per heavy atom. The second-order valence-corrected chi connectivity index (χ2v) is 4.50. The zero-order chi connectivity index (χ0) is 15.7. The van der Waals surface area contributed by atoms with Gasteiger partial charge in [-0.1, -0.05) is 0 Å². The molecule has 110 valence electrons. The molecular formula is C13H13FN4O3. The Hall–Kier alpha value is -2.77. The molecule has 0 atom stereocenters. The summed E-state index contributed by atoms with van der Waals surface area (Å²) < 4.78 is 14.7. The van der Waals surface area contributed by atoms with Crippen LogP contribution in [0.15, 0.2) is 16.9 Å². The number of halogens is 1. The number of nitrogens with one attached hydrogen (secondary N) is 1. The first-order chi connectivity index (χ1) is 9.82. The molecule has 0 aromatic carbocycles. The van der Waals surface area contributed by atoms with Gasteiger partial charge in [-0.05, 0) is 26.0 Å². The van der Waals surface area contributed by atoms with Crippen LogP contribution in [0.25, 0.3) is 0 Å². The van der Waals surface area contributed by atoms with E-state index in [2.05, 4.69) is 15.5 Å². The Kier molecular flexibility index (Phi) is 3.70. The van der Waals surface area contributed by atoms with Gasteiger partial charge in [-0.25, -0.2) is 4.39 Å². The summed E-state index contributed by atoms with van der Waals surface area (Å²) in [5, 5.41) is 19.4. The predicted molar refractivity (Wildman–Crippen MR) is 72.8 cm³/mol. The van der Waals surface area contributed by atoms with E-state index in [-0.39, 0.29) is 11.5 Å². The normalized spacial score (nSPS) is 10.5. The summed E-state index contributed by atoms with van der Waals surface area (Å²) in [7, 11) is 1.31. The zero-order valence-electron chi connectivity index (χ0n) is 11.6. The molecule has 2 heterocycles. The Morgan fingerprint density at radius 3 is 2.57 bits per heavy atom. The van der Waals surface area contributed by atoms with Gasteiger partial charge in [-0.15, -0.1) is 5.10 Å². The Labute approximate surface area is 119 Å². The summed E-state index contributed by atoms with van der Waals surface area (Å²) in [5.41, 5.74) is -0.899. The van der Waals surface area contributed by atoms with Crippen molar-refractivity contribution in [3.05, 3.63) is 45.3 Å². The van der Waals surface area contributed by atoms with Gasteiger partial charge in [0.2, 0.25) is 0 Å². The molecule has 0 spiro atoms. The topological polar surface area (TPSA) is 97.1 Å². The van der Waals surface area contributed by atoms with E-state index in [1.807, 2.05) is 0 Å². The van der Waals surface area contributed by atoms with Gasteiger partial charge in [0.25, 0.3) is 11.5 Å². The highest BCUT2D eigenvalue weighted by atomic mass is 19.1. The van der Waals surface area contributed by atoms with Crippen LogP contribution in [0.1, 0.15) is 21.7 Å². The summed E-state index contributed by atoms with van der Waals surface area (Å²) in [5.74, 6) is -2.86. The molecule has 8 heteroatoms. The molecule has 1 amide bonds. The van der Waals surface area contributed by atoms with Gasteiger partial charge < -0.3 is 15.0 Å². The number of hydrogen-bond donors (Lipinski definition) is 2. The largest absolute Gasteiger partial charge is 0.504 e. The SMILES string of the molecule is Cc1ccc(NC(=O)c2c(O)c(F)c(C)n(C)c2=O)nn1. The molecule has 0 saturated carbocycles. The first kappa shape index (κ1) is 14.6. The number of hydrogen-bond acceptors (Lipinski definition) is 5. The quantitative estimate of drug-likeness (QED) is 0.856. The fourth-order valence-electron chi connectivity index (χ4n) is 1.70. The van der Waals surface area contributed by atoms with Gasteiger partial charge in [0.15, 0.2) is 17.4 Å². The molecule has 2 rings (SSSR count). The fourth-order valence-corrected chi connectivity index (χ4v) is 1.70. The number of pyridine rings is 1. The number of amides is 1. The van der Waals surface area contributed by atoms with E-state index in [0.29, 0.717) is 5.69 Å². The fraction of sp³-hybridized carbons (Fsp3) is 0.231. The van der Waals surface area contributed by atoms with Crippen LogP contribution in [-0.2, 0) is 7.05 Å². The van der Waals surface area contributed by atoms with Crippen molar-refractivity contribution < 1.29 is 14.3 Å². The third-order valence-electron chi connectivity index (χ3n) is 3.05. The highest BCUT2D eigenvalue weighted by Crippen LogP contribution is 2.21. The van der Waals surface area contributed by atoms with Gasteiger partial charge in [0.05, 0.1) is 11.4 Å². The number of aryl methyl sites for hydroxylation is 1. The van der Waals surface area contributed by atoms with E-state index >= 15 is 0 Å². The van der Waals surface area contributed by atoms with E-state index in [9.17, 15) is 19.1 Å². The predicted octanol–water partition coefficient (Wildman–Crippen LogP) is 0.889. The molecule has 2 aromatic rings. The van der Waals surface area contributed by atoms with E-state index in [1.54, 1.807) is 13.0 Å². The molecule has 7 nitrogen and oxygen atoms in total. The number of aromatic hydroxyl groups is 1. The number of anilines is 1. The molecule has 0 aliphatic heterocycles. The van der Waals surface area contributed by atoms with Crippen molar-refractivity contribution >= 4 is 11.7 Å². The molecule has 21 heavy (non-hydrogen) atoms. The second-order valence-electron chi connectivity index (χ2n) is 4.50. The van der Waals surface area contributed by atoms with Gasteiger partial charge in [-0.2, -0.15) is 5.10 Å². The lowest BCUT2D eigenvalue weighted by Crippen LogP contribution is -2.30. The van der Waals surface area contributed by atoms with Crippen molar-refractivity contribution in [3.8, 4) is 5.75 Å². The number of carbonyl (C=O) groups is 1. The van der Waals surface area contributed by atoms with Crippen molar-refractivity contribution in [2.24, 2.45) is 7.05 Å². The van der Waals surface area contributed by atoms with Gasteiger partial charge in [0.1, 0.15) is 5.56 Å². The van der Waals surface area contributed by atoms with Crippen molar-refractivity contribution in [2.75, 3.05) is 5.32 Å². The van der Waals surface area contributed by atoms with E-state index < -0.39 is 28.6 Å². The minimum atomic E-state index is -1.02. The summed E-state index contributed by atoms with van der Waals surface area (Å²) in [4.78, 5) is 24.0. The van der Waals surface area contributed by atoms with E-state index in [4.69, 9.17) is 0 Å². The molecular weight excluding hydrogens is 279 g/mol. The second kappa shape index (κ2) is 5.31. The summed E-state index contributed by atoms with van der Waals surface area (Å²) in [6.45, 7) is 3.04. The highest BCUT2D eigenvalue weighted by molar-refractivity contribution is 6.05. The number of rotatable bonds is 2. The molecule has 0 aliphatic rings. The minimum Gasteiger partial charge on any atom is -0.504 e. The Morgan fingerprint density at radius 1 is 1.33 bits per heavy atom. The van der Waals surface area contributed by atoms with Crippen LogP contribution >= 0.6 is 0 Å². The molecule has 0 bridgehead atoms. The van der Waals surface area contributed by atoms with Crippen molar-refractivity contribution in [1.82, 2.24) is 14.8 Å². The summed E-state index contributed by atoms with van der Waals surface area (Å²) in [6.07, 6.45) is 0. The third-order valence-corrected chi connectivity index (χ3v) is 3.05. The standard InChI is InChI=1S/C13H13FN4O3/c1-6-4-5-8(17-16-6)15-12(20)9-11(19)10(14)7(2)18(3)13(9)21/h4-5,19H,1-3H3,(H,15,17,20). The van der Waals surface area contributed by atoms with Gasteiger partial charge in [-0.3, -0.25) is 9.59 Å². The van der Waals surface area contributed by atoms with E-state index in [1.165, 1.54) is 20.0 Å². The molecule has 0 unspecified atom stereocenters. The third kappa shape index (κ3) is 2.60. The monoisotopic (exact) mass is 292 g/mol. The molecule has 2 N–H and O–H groups in total. The first-order valence-corrected chi connectivity index (χ1v) is 6.02. The Balaban J connectivity index is 2.45. The lowest BCUT2D eigenvalue weighted by molar-refractivity contribution is 0.102. The van der Waals surface area contributed by atoms with Crippen LogP contribution in [0.3, 0.4) is 0 Å². The smallest absolute Gasteiger partial charge is 0.267 e. The van der Waals surface area contributed by atoms with Crippen LogP contribution < -0.4 is 10.9 Å². The maximum atomic E-state index is 13.8. The number of aromatic nitrogens is 3. The molecule has 0 radical (unpaired) electrons. The van der Waals surface area contributed by atoms with Crippen LogP contribution in [0.5, 0.6) is 5.75 Å². The van der Waals surface area contributed by atoms with Gasteiger partial charge in [0, 0.05) is 7.05 Å². The maximum Gasteiger partial charge on any atom is 0.267 e. The van der Waals surface area contributed by atoms with Crippen molar-refractivity contribution in [3.63, 3.8) is 0 Å². The summed E-state index contributed by atoms with van der Waals surface area (Å²) >= 11 is 0. The number of nitrogens with zero attached hydrogens (tertiary/aromatic N) is 3. The molecule has 0 fully saturated rings. The van der Waals surface area contributed by atoms with Crippen LogP contribution in [0.2, 0.25) is 0 Å². The maximum absolute atomic E-state index is 13.8. The highest BCUT2D eigenvalue weighted by Gasteiger charge is 2.23. The zero-order valence-corrected chi connectivity index (χ0v) is 11.6. The average Bonchev–Trinajstić information content (AvgIpc) is 2.46. The van der Waals surface area contributed by atoms with Crippen LogP contribution in [-0.4, -0.2) is 25.8 Å². The first-order valence-electron chi connectivity index (χ1n) is 6.02.